The van der Waals surface area contributed by atoms with E-state index in [-0.39, 0.29) is 11.6 Å². The Morgan fingerprint density at radius 1 is 1.27 bits per heavy atom. The molecule has 1 amide bonds. The fourth-order valence-corrected chi connectivity index (χ4v) is 3.10. The van der Waals surface area contributed by atoms with Gasteiger partial charge in [0.25, 0.3) is 11.5 Å². The fourth-order valence-electron chi connectivity index (χ4n) is 3.10. The van der Waals surface area contributed by atoms with Crippen LogP contribution in [0, 0.1) is 18.6 Å². The third-order valence-electron chi connectivity index (χ3n) is 4.42. The van der Waals surface area contributed by atoms with E-state index in [0.29, 0.717) is 43.9 Å². The molecule has 0 saturated carbocycles. The number of hydrogen-bond donors (Lipinski definition) is 2. The number of likely N-dealkylation sites (tertiary alicyclic amines) is 1. The van der Waals surface area contributed by atoms with E-state index in [2.05, 4.69) is 20.2 Å². The molecule has 6 nitrogen and oxygen atoms in total. The fraction of sp³-hybridized carbons (Fsp3) is 0.389. The maximum Gasteiger partial charge on any atom is 0.263 e. The number of benzene rings is 1. The second-order valence-electron chi connectivity index (χ2n) is 6.51. The summed E-state index contributed by atoms with van der Waals surface area (Å²) in [6.07, 6.45) is 2.67. The number of hydrogen-bond acceptors (Lipinski definition) is 4. The number of carbonyl (C=O) groups is 1. The minimum absolute atomic E-state index is 0.00624. The van der Waals surface area contributed by atoms with Gasteiger partial charge in [-0.3, -0.25) is 14.5 Å². The predicted octanol–water partition coefficient (Wildman–Crippen LogP) is 1.75. The van der Waals surface area contributed by atoms with Crippen LogP contribution in [0.4, 0.5) is 8.78 Å². The van der Waals surface area contributed by atoms with Crippen LogP contribution >= 0.6 is 0 Å². The van der Waals surface area contributed by atoms with Crippen LogP contribution in [0.15, 0.2) is 29.2 Å². The molecule has 0 aliphatic carbocycles. The molecule has 8 heteroatoms. The lowest BCUT2D eigenvalue weighted by Crippen LogP contribution is -2.45. The van der Waals surface area contributed by atoms with E-state index in [1.807, 2.05) is 0 Å². The molecule has 0 atom stereocenters. The van der Waals surface area contributed by atoms with Gasteiger partial charge in [0.2, 0.25) is 0 Å². The predicted molar refractivity (Wildman–Crippen MR) is 91.7 cm³/mol. The van der Waals surface area contributed by atoms with Gasteiger partial charge in [0.1, 0.15) is 23.0 Å². The number of rotatable bonds is 4. The molecule has 2 heterocycles. The van der Waals surface area contributed by atoms with Crippen molar-refractivity contribution in [3.05, 3.63) is 63.3 Å². The number of aryl methyl sites for hydroxylation is 1. The molecule has 0 unspecified atom stereocenters. The molecule has 3 rings (SSSR count). The summed E-state index contributed by atoms with van der Waals surface area (Å²) in [6, 6.07) is 3.46. The molecule has 1 aliphatic rings. The summed E-state index contributed by atoms with van der Waals surface area (Å²) >= 11 is 0. The topological polar surface area (TPSA) is 78.1 Å². The molecule has 0 bridgehead atoms. The summed E-state index contributed by atoms with van der Waals surface area (Å²) in [5.74, 6) is -1.16. The first-order chi connectivity index (χ1) is 12.4. The Hall–Kier alpha value is -2.61. The highest BCUT2D eigenvalue weighted by atomic mass is 19.1. The van der Waals surface area contributed by atoms with Gasteiger partial charge in [-0.15, -0.1) is 0 Å². The third kappa shape index (κ3) is 4.51. The van der Waals surface area contributed by atoms with Gasteiger partial charge in [-0.2, -0.15) is 0 Å². The van der Waals surface area contributed by atoms with Crippen LogP contribution < -0.4 is 10.9 Å². The zero-order valence-corrected chi connectivity index (χ0v) is 14.4. The Labute approximate surface area is 149 Å². The van der Waals surface area contributed by atoms with Gasteiger partial charge in [-0.1, -0.05) is 0 Å². The van der Waals surface area contributed by atoms with Gasteiger partial charge in [-0.25, -0.2) is 13.8 Å². The average molecular weight is 362 g/mol. The Morgan fingerprint density at radius 2 is 1.92 bits per heavy atom. The highest BCUT2D eigenvalue weighted by Gasteiger charge is 2.22. The van der Waals surface area contributed by atoms with E-state index >= 15 is 0 Å². The van der Waals surface area contributed by atoms with Crippen molar-refractivity contribution in [1.29, 1.82) is 0 Å². The Balaban J connectivity index is 1.53. The lowest BCUT2D eigenvalue weighted by atomic mass is 10.0. The van der Waals surface area contributed by atoms with Gasteiger partial charge >= 0.3 is 0 Å². The Morgan fingerprint density at radius 3 is 2.54 bits per heavy atom. The molecular weight excluding hydrogens is 342 g/mol. The van der Waals surface area contributed by atoms with Crippen LogP contribution in [0.25, 0.3) is 0 Å². The number of piperidine rings is 1. The molecule has 0 spiro atoms. The summed E-state index contributed by atoms with van der Waals surface area (Å²) in [7, 11) is 0. The normalized spacial score (nSPS) is 15.8. The second-order valence-corrected chi connectivity index (χ2v) is 6.51. The molecule has 1 fully saturated rings. The van der Waals surface area contributed by atoms with Crippen LogP contribution in [-0.2, 0) is 6.54 Å². The summed E-state index contributed by atoms with van der Waals surface area (Å²) in [4.78, 5) is 32.6. The number of carbonyl (C=O) groups excluding carboxylic acids is 1. The molecule has 26 heavy (non-hydrogen) atoms. The number of aromatic amines is 1. The zero-order valence-electron chi connectivity index (χ0n) is 14.4. The van der Waals surface area contributed by atoms with Crippen LogP contribution in [-0.4, -0.2) is 39.9 Å². The van der Waals surface area contributed by atoms with E-state index in [9.17, 15) is 18.4 Å². The van der Waals surface area contributed by atoms with Gasteiger partial charge in [0.15, 0.2) is 0 Å². The van der Waals surface area contributed by atoms with E-state index in [1.54, 1.807) is 6.92 Å². The largest absolute Gasteiger partial charge is 0.349 e. The molecule has 138 valence electrons. The van der Waals surface area contributed by atoms with E-state index in [0.717, 1.165) is 6.07 Å². The number of H-pyrrole nitrogens is 1. The molecule has 1 aliphatic heterocycles. The van der Waals surface area contributed by atoms with E-state index < -0.39 is 23.1 Å². The van der Waals surface area contributed by atoms with Crippen molar-refractivity contribution in [2.45, 2.75) is 32.4 Å². The quantitative estimate of drug-likeness (QED) is 0.869. The number of nitrogens with zero attached hydrogens (tertiary/aromatic N) is 2. The summed E-state index contributed by atoms with van der Waals surface area (Å²) in [5, 5.41) is 2.85. The van der Waals surface area contributed by atoms with Crippen LogP contribution in [0.2, 0.25) is 0 Å². The van der Waals surface area contributed by atoms with Crippen molar-refractivity contribution >= 4 is 5.91 Å². The van der Waals surface area contributed by atoms with Gasteiger partial charge in [-0.05, 0) is 37.5 Å². The highest BCUT2D eigenvalue weighted by Crippen LogP contribution is 2.16. The maximum atomic E-state index is 13.3. The third-order valence-corrected chi connectivity index (χ3v) is 4.42. The standard InChI is InChI=1S/C18H20F2N4O2/c1-11-21-9-16(17(25)22-11)18(26)23-15-2-4-24(5-3-15)10-12-6-13(19)8-14(20)7-12/h6-9,15H,2-5,10H2,1H3,(H,23,26)(H,21,22,25). The first kappa shape index (κ1) is 18.2. The second kappa shape index (κ2) is 7.74. The zero-order chi connectivity index (χ0) is 18.7. The average Bonchev–Trinajstić information content (AvgIpc) is 2.55. The van der Waals surface area contributed by atoms with Crippen LogP contribution in [0.1, 0.15) is 34.6 Å². The van der Waals surface area contributed by atoms with Gasteiger partial charge in [0.05, 0.1) is 0 Å². The molecule has 1 aromatic heterocycles. The number of nitrogens with one attached hydrogen (secondary N) is 2. The monoisotopic (exact) mass is 362 g/mol. The Kier molecular flexibility index (Phi) is 5.41. The molecule has 2 aromatic rings. The molecular formula is C18H20F2N4O2. The lowest BCUT2D eigenvalue weighted by molar-refractivity contribution is 0.0907. The van der Waals surface area contributed by atoms with Crippen LogP contribution in [0.5, 0.6) is 0 Å². The minimum atomic E-state index is -0.584. The van der Waals surface area contributed by atoms with E-state index in [1.165, 1.54) is 18.3 Å². The van der Waals surface area contributed by atoms with Crippen molar-refractivity contribution in [2.75, 3.05) is 13.1 Å². The first-order valence-corrected chi connectivity index (χ1v) is 8.45. The molecule has 0 radical (unpaired) electrons. The molecule has 2 N–H and O–H groups in total. The summed E-state index contributed by atoms with van der Waals surface area (Å²) in [5.41, 5.74) is 0.121. The van der Waals surface area contributed by atoms with Crippen molar-refractivity contribution < 1.29 is 13.6 Å². The summed E-state index contributed by atoms with van der Waals surface area (Å²) in [6.45, 7) is 3.47. The number of aromatic nitrogens is 2. The van der Waals surface area contributed by atoms with Crippen LogP contribution in [0.3, 0.4) is 0 Å². The first-order valence-electron chi connectivity index (χ1n) is 8.45. The maximum absolute atomic E-state index is 13.3. The van der Waals surface area contributed by atoms with Crippen molar-refractivity contribution in [1.82, 2.24) is 20.2 Å². The highest BCUT2D eigenvalue weighted by molar-refractivity contribution is 5.93. The Bertz CT molecular complexity index is 840. The SMILES string of the molecule is Cc1ncc(C(=O)NC2CCN(Cc3cc(F)cc(F)c3)CC2)c(=O)[nH]1. The molecule has 1 saturated heterocycles. The lowest BCUT2D eigenvalue weighted by Gasteiger charge is -2.32. The molecule has 1 aromatic carbocycles. The smallest absolute Gasteiger partial charge is 0.263 e. The van der Waals surface area contributed by atoms with Crippen molar-refractivity contribution in [3.8, 4) is 0 Å². The number of halogens is 2. The van der Waals surface area contributed by atoms with E-state index in [4.69, 9.17) is 0 Å². The van der Waals surface area contributed by atoms with Gasteiger partial charge < -0.3 is 10.3 Å². The van der Waals surface area contributed by atoms with Crippen molar-refractivity contribution in [2.24, 2.45) is 0 Å². The summed E-state index contributed by atoms with van der Waals surface area (Å²) < 4.78 is 26.5. The number of amides is 1. The van der Waals surface area contributed by atoms with Crippen molar-refractivity contribution in [3.63, 3.8) is 0 Å². The minimum Gasteiger partial charge on any atom is -0.349 e. The van der Waals surface area contributed by atoms with Gasteiger partial charge in [0, 0.05) is 37.9 Å².